The van der Waals surface area contributed by atoms with Gasteiger partial charge in [0.2, 0.25) is 0 Å². The van der Waals surface area contributed by atoms with Gasteiger partial charge in [0.25, 0.3) is 0 Å². The van der Waals surface area contributed by atoms with E-state index in [9.17, 15) is 9.90 Å². The Bertz CT molecular complexity index is 1180. The van der Waals surface area contributed by atoms with Crippen molar-refractivity contribution in [1.82, 2.24) is 0 Å². The number of hydrogen-bond donors (Lipinski definition) is 1. The number of ether oxygens (including phenoxy) is 1. The second-order valence-electron chi connectivity index (χ2n) is 20.2. The zero-order chi connectivity index (χ0) is 35.6. The number of rotatable bonds is 15. The summed E-state index contributed by atoms with van der Waals surface area (Å²) in [4.78, 5) is 13.2. The van der Waals surface area contributed by atoms with E-state index < -0.39 is 0 Å². The van der Waals surface area contributed by atoms with E-state index in [0.29, 0.717) is 36.2 Å². The van der Waals surface area contributed by atoms with Crippen LogP contribution in [0.5, 0.6) is 0 Å². The van der Waals surface area contributed by atoms with E-state index in [4.69, 9.17) is 4.74 Å². The molecule has 3 nitrogen and oxygen atoms in total. The van der Waals surface area contributed by atoms with Gasteiger partial charge < -0.3 is 9.84 Å². The van der Waals surface area contributed by atoms with Crippen molar-refractivity contribution in [2.24, 2.45) is 50.2 Å². The molecule has 5 aliphatic carbocycles. The highest BCUT2D eigenvalue weighted by Crippen LogP contribution is 2.75. The lowest BCUT2D eigenvalue weighted by Crippen LogP contribution is -2.65. The first-order valence-corrected chi connectivity index (χ1v) is 21.3. The highest BCUT2D eigenvalue weighted by Gasteiger charge is 2.68. The van der Waals surface area contributed by atoms with E-state index in [1.54, 1.807) is 5.57 Å². The smallest absolute Gasteiger partial charge is 0.306 e. The van der Waals surface area contributed by atoms with Crippen molar-refractivity contribution in [1.29, 1.82) is 0 Å². The summed E-state index contributed by atoms with van der Waals surface area (Å²) in [5.41, 5.74) is 2.91. The molecule has 0 aliphatic heterocycles. The van der Waals surface area contributed by atoms with Gasteiger partial charge in [-0.3, -0.25) is 4.79 Å². The molecule has 0 unspecified atom stereocenters. The Balaban J connectivity index is 1.14. The summed E-state index contributed by atoms with van der Waals surface area (Å²) in [6.45, 7) is 20.4. The maximum Gasteiger partial charge on any atom is 0.306 e. The van der Waals surface area contributed by atoms with E-state index in [2.05, 4.69) is 73.6 Å². The number of fused-ring (bicyclic) bond motifs is 7. The fraction of sp³-hybridized carbons (Fsp3) is 0.891. The minimum absolute atomic E-state index is 0.00952. The molecule has 0 bridgehead atoms. The molecule has 0 amide bonds. The molecule has 0 radical (unpaired) electrons. The first-order valence-electron chi connectivity index (χ1n) is 21.3. The summed E-state index contributed by atoms with van der Waals surface area (Å²) >= 11 is 0. The molecule has 3 heteroatoms. The van der Waals surface area contributed by atoms with Gasteiger partial charge in [-0.25, -0.2) is 0 Å². The summed E-state index contributed by atoms with van der Waals surface area (Å²) in [5, 5.41) is 10.8. The van der Waals surface area contributed by atoms with Gasteiger partial charge in [0.05, 0.1) is 0 Å². The molecule has 5 aliphatic rings. The predicted molar refractivity (Wildman–Crippen MR) is 206 cm³/mol. The lowest BCUT2D eigenvalue weighted by atomic mass is 9.33. The number of aliphatic hydroxyl groups is 1. The first kappa shape index (κ1) is 39.1. The Kier molecular flexibility index (Phi) is 12.4. The predicted octanol–water partition coefficient (Wildman–Crippen LogP) is 12.9. The molecular formula is C46H78O3. The van der Waals surface area contributed by atoms with E-state index in [0.717, 1.165) is 19.3 Å². The summed E-state index contributed by atoms with van der Waals surface area (Å²) in [6.07, 6.45) is 33.7. The van der Waals surface area contributed by atoms with Crippen molar-refractivity contribution in [3.8, 4) is 0 Å². The van der Waals surface area contributed by atoms with Crippen LogP contribution in [0.3, 0.4) is 0 Å². The summed E-state index contributed by atoms with van der Waals surface area (Å²) in [7, 11) is 0. The molecule has 0 heterocycles. The zero-order valence-corrected chi connectivity index (χ0v) is 33.6. The van der Waals surface area contributed by atoms with Gasteiger partial charge in [-0.1, -0.05) is 118 Å². The monoisotopic (exact) mass is 679 g/mol. The van der Waals surface area contributed by atoms with E-state index in [1.165, 1.54) is 116 Å². The zero-order valence-electron chi connectivity index (χ0n) is 33.6. The number of carbonyl (C=O) groups is 1. The Morgan fingerprint density at radius 2 is 1.45 bits per heavy atom. The van der Waals surface area contributed by atoms with Crippen molar-refractivity contribution in [2.75, 3.05) is 6.61 Å². The van der Waals surface area contributed by atoms with Gasteiger partial charge in [0.15, 0.2) is 0 Å². The molecule has 49 heavy (non-hydrogen) atoms. The third-order valence-corrected chi connectivity index (χ3v) is 16.5. The Morgan fingerprint density at radius 3 is 2.14 bits per heavy atom. The maximum atomic E-state index is 13.2. The molecular weight excluding hydrogens is 601 g/mol. The topological polar surface area (TPSA) is 46.5 Å². The summed E-state index contributed by atoms with van der Waals surface area (Å²) in [5.74, 6) is 1.79. The lowest BCUT2D eigenvalue weighted by molar-refractivity contribution is -0.213. The third kappa shape index (κ3) is 7.55. The largest absolute Gasteiger partial charge is 0.462 e. The molecule has 0 aromatic rings. The van der Waals surface area contributed by atoms with Gasteiger partial charge in [-0.2, -0.15) is 0 Å². The molecule has 0 saturated heterocycles. The molecule has 8 atom stereocenters. The minimum Gasteiger partial charge on any atom is -0.462 e. The number of unbranched alkanes of at least 4 members (excludes halogenated alkanes) is 9. The molecule has 0 spiro atoms. The molecule has 280 valence electrons. The van der Waals surface area contributed by atoms with Gasteiger partial charge in [0, 0.05) is 23.9 Å². The minimum atomic E-state index is -0.00952. The van der Waals surface area contributed by atoms with Crippen LogP contribution in [0, 0.1) is 50.2 Å². The van der Waals surface area contributed by atoms with Crippen LogP contribution >= 0.6 is 0 Å². The molecule has 0 aromatic carbocycles. The number of aliphatic hydroxyl groups excluding tert-OH is 1. The van der Waals surface area contributed by atoms with Crippen LogP contribution in [-0.2, 0) is 9.53 Å². The normalized spacial score (nSPS) is 39.3. The Hall–Kier alpha value is -1.09. The molecule has 4 fully saturated rings. The molecule has 1 N–H and O–H groups in total. The van der Waals surface area contributed by atoms with Crippen LogP contribution < -0.4 is 0 Å². The summed E-state index contributed by atoms with van der Waals surface area (Å²) < 4.78 is 6.39. The van der Waals surface area contributed by atoms with Crippen LogP contribution in [-0.4, -0.2) is 23.8 Å². The van der Waals surface area contributed by atoms with Crippen LogP contribution in [0.2, 0.25) is 0 Å². The van der Waals surface area contributed by atoms with Crippen molar-refractivity contribution < 1.29 is 14.6 Å². The van der Waals surface area contributed by atoms with Crippen molar-refractivity contribution in [3.63, 3.8) is 0 Å². The van der Waals surface area contributed by atoms with Crippen molar-refractivity contribution in [3.05, 3.63) is 23.8 Å². The quantitative estimate of drug-likeness (QED) is 0.106. The fourth-order valence-corrected chi connectivity index (χ4v) is 13.0. The molecule has 0 aromatic heterocycles. The highest BCUT2D eigenvalue weighted by atomic mass is 16.5. The van der Waals surface area contributed by atoms with Gasteiger partial charge in [0.1, 0.15) is 6.10 Å². The average Bonchev–Trinajstić information content (AvgIpc) is 3.05. The fourth-order valence-electron chi connectivity index (χ4n) is 13.0. The van der Waals surface area contributed by atoms with Crippen LogP contribution in [0.4, 0.5) is 0 Å². The number of allylic oxidation sites excluding steroid dienone is 4. The van der Waals surface area contributed by atoms with Gasteiger partial charge in [-0.05, 0) is 136 Å². The standard InChI is InChI=1S/C46H78O3/c1-9-10-11-12-13-14-15-16-17-18-19-20-21-22-40(48)49-39-26-27-43(6)37(42(39,4)5)25-28-45(8)38(43)24-23-35-36-33-41(2,3)29-31-46(36,34-47)32-30-44(35,45)7/h14-15,23,36-39,47H,9-13,16-22,24-34H2,1-8H3/b15-14-/t36-,37-,38+,39-,43-,44+,45+,46+/m0/s1. The van der Waals surface area contributed by atoms with Crippen LogP contribution in [0.1, 0.15) is 197 Å². The number of carbonyl (C=O) groups excluding carboxylic acids is 1. The second kappa shape index (κ2) is 15.5. The Labute approximate surface area is 303 Å². The molecule has 5 rings (SSSR count). The molecule has 4 saturated carbocycles. The van der Waals surface area contributed by atoms with Crippen molar-refractivity contribution in [2.45, 2.75) is 203 Å². The Morgan fingerprint density at radius 1 is 0.796 bits per heavy atom. The highest BCUT2D eigenvalue weighted by molar-refractivity contribution is 5.69. The lowest BCUT2D eigenvalue weighted by Gasteiger charge is -2.71. The second-order valence-corrected chi connectivity index (χ2v) is 20.2. The SMILES string of the molecule is CCCCCC/C=C\CCCCCCCC(=O)O[C@H]1CC[C@]2(C)[C@H]3CC=C4[C@@H]5CC(C)(C)CC[C@]5(CO)CC[C@@]4(C)[C@]3(C)CC[C@H]2C1(C)C. The van der Waals surface area contributed by atoms with Crippen LogP contribution in [0.25, 0.3) is 0 Å². The van der Waals surface area contributed by atoms with Gasteiger partial charge in [-0.15, -0.1) is 0 Å². The van der Waals surface area contributed by atoms with Crippen molar-refractivity contribution >= 4 is 5.97 Å². The number of hydrogen-bond acceptors (Lipinski definition) is 3. The first-order chi connectivity index (χ1) is 23.2. The average molecular weight is 679 g/mol. The van der Waals surface area contributed by atoms with Gasteiger partial charge >= 0.3 is 5.97 Å². The van der Waals surface area contributed by atoms with E-state index in [1.807, 2.05) is 0 Å². The van der Waals surface area contributed by atoms with Crippen LogP contribution in [0.15, 0.2) is 23.8 Å². The van der Waals surface area contributed by atoms with E-state index in [-0.39, 0.29) is 39.1 Å². The number of esters is 1. The van der Waals surface area contributed by atoms with E-state index >= 15 is 0 Å². The maximum absolute atomic E-state index is 13.2. The third-order valence-electron chi connectivity index (χ3n) is 16.5. The summed E-state index contributed by atoms with van der Waals surface area (Å²) in [6, 6.07) is 0.